The highest BCUT2D eigenvalue weighted by Gasteiger charge is 1.89. The molecule has 5 heteroatoms. The van der Waals surface area contributed by atoms with Crippen molar-refractivity contribution in [2.45, 2.75) is 47.0 Å². The zero-order valence-corrected chi connectivity index (χ0v) is 18.4. The van der Waals surface area contributed by atoms with E-state index in [2.05, 4.69) is 42.1 Å². The Morgan fingerprint density at radius 3 is 2.00 bits per heavy atom. The summed E-state index contributed by atoms with van der Waals surface area (Å²) in [6.45, 7) is 14.0. The number of hydrogen-bond donors (Lipinski definition) is 1. The largest absolute Gasteiger partial charge is 0.385 e. The molecule has 0 aromatic rings. The normalized spacial score (nSPS) is 11.0. The van der Waals surface area contributed by atoms with E-state index in [9.17, 15) is 0 Å². The Hall–Kier alpha value is -0.720. The predicted molar refractivity (Wildman–Crippen MR) is 113 cm³/mol. The first kappa shape index (κ1) is 30.0. The summed E-state index contributed by atoms with van der Waals surface area (Å²) in [6, 6.07) is 0. The van der Waals surface area contributed by atoms with Crippen LogP contribution in [0.4, 0.5) is 0 Å². The first-order chi connectivity index (χ1) is 12.6. The molecule has 1 N–H and O–H groups in total. The number of nitrogens with one attached hydrogen (secondary N) is 1. The molecule has 26 heavy (non-hydrogen) atoms. The number of methoxy groups -OCH3 is 3. The Bertz CT molecular complexity index is 269. The molecule has 0 aromatic heterocycles. The van der Waals surface area contributed by atoms with E-state index in [4.69, 9.17) is 14.2 Å². The average Bonchev–Trinajstić information content (AvgIpc) is 2.66. The molecule has 0 aliphatic heterocycles. The maximum absolute atomic E-state index is 5.33. The number of ether oxygens (including phenoxy) is 4. The molecule has 0 unspecified atom stereocenters. The van der Waals surface area contributed by atoms with Gasteiger partial charge in [0.1, 0.15) is 0 Å². The van der Waals surface area contributed by atoms with E-state index in [0.717, 1.165) is 52.5 Å². The van der Waals surface area contributed by atoms with Gasteiger partial charge in [-0.2, -0.15) is 0 Å². The van der Waals surface area contributed by atoms with Crippen molar-refractivity contribution in [1.82, 2.24) is 5.32 Å². The van der Waals surface area contributed by atoms with E-state index in [1.165, 1.54) is 18.4 Å². The van der Waals surface area contributed by atoms with E-state index in [-0.39, 0.29) is 0 Å². The molecule has 0 heterocycles. The summed E-state index contributed by atoms with van der Waals surface area (Å²) in [7, 11) is 5.08. The molecule has 0 atom stereocenters. The molecule has 0 aliphatic carbocycles. The van der Waals surface area contributed by atoms with Gasteiger partial charge in [0, 0.05) is 54.2 Å². The number of hydrogen-bond acceptors (Lipinski definition) is 5. The van der Waals surface area contributed by atoms with Gasteiger partial charge in [-0.1, -0.05) is 37.1 Å². The molecular formula is C21H45NO4. The van der Waals surface area contributed by atoms with Crippen LogP contribution in [0.2, 0.25) is 0 Å². The van der Waals surface area contributed by atoms with Gasteiger partial charge in [-0.05, 0) is 33.6 Å². The lowest BCUT2D eigenvalue weighted by Crippen LogP contribution is -2.23. The maximum Gasteiger partial charge on any atom is 0.0590 e. The van der Waals surface area contributed by atoms with E-state index in [1.54, 1.807) is 21.3 Å². The van der Waals surface area contributed by atoms with E-state index < -0.39 is 0 Å². The molecule has 0 rings (SSSR count). The number of rotatable bonds is 14. The monoisotopic (exact) mass is 375 g/mol. The van der Waals surface area contributed by atoms with E-state index >= 15 is 0 Å². The van der Waals surface area contributed by atoms with Gasteiger partial charge in [0.15, 0.2) is 0 Å². The van der Waals surface area contributed by atoms with Crippen LogP contribution < -0.4 is 5.32 Å². The van der Waals surface area contributed by atoms with Crippen molar-refractivity contribution in [3.8, 4) is 0 Å². The van der Waals surface area contributed by atoms with E-state index in [1.807, 2.05) is 13.8 Å². The van der Waals surface area contributed by atoms with Gasteiger partial charge in [0.05, 0.1) is 13.2 Å². The summed E-state index contributed by atoms with van der Waals surface area (Å²) in [5.74, 6) is 0. The van der Waals surface area contributed by atoms with Crippen molar-refractivity contribution in [3.05, 3.63) is 23.8 Å². The molecule has 0 saturated heterocycles. The standard InChI is InChI=1S/C9H21NO3.C9H16.C3H8O/c1-11-6-3-7-13-9-5-10-4-8-12-2;1-4-6-8-9(3)7-5-2;1-3-4-2/h10H,3-9H2,1-2H3;4,6,8H,5,7H2,1-3H3;3H2,1-2H3/b;6-4+,9-8-;. The average molecular weight is 376 g/mol. The van der Waals surface area contributed by atoms with Gasteiger partial charge in [-0.3, -0.25) is 0 Å². The zero-order valence-electron chi connectivity index (χ0n) is 18.4. The second-order valence-electron chi connectivity index (χ2n) is 5.57. The van der Waals surface area contributed by atoms with Crippen molar-refractivity contribution in [2.75, 3.05) is 67.5 Å². The van der Waals surface area contributed by atoms with Crippen LogP contribution in [0.3, 0.4) is 0 Å². The molecule has 0 amide bonds. The Morgan fingerprint density at radius 1 is 0.885 bits per heavy atom. The molecule has 0 aliphatic rings. The minimum atomic E-state index is 0.754. The van der Waals surface area contributed by atoms with Gasteiger partial charge in [0.2, 0.25) is 0 Å². The van der Waals surface area contributed by atoms with Gasteiger partial charge in [0.25, 0.3) is 0 Å². The molecule has 0 radical (unpaired) electrons. The molecule has 158 valence electrons. The highest BCUT2D eigenvalue weighted by molar-refractivity contribution is 5.09. The van der Waals surface area contributed by atoms with Crippen LogP contribution in [0, 0.1) is 0 Å². The van der Waals surface area contributed by atoms with Gasteiger partial charge >= 0.3 is 0 Å². The highest BCUT2D eigenvalue weighted by atomic mass is 16.5. The predicted octanol–water partition coefficient (Wildman–Crippen LogP) is 4.24. The Morgan fingerprint density at radius 2 is 1.50 bits per heavy atom. The third kappa shape index (κ3) is 38.7. The second kappa shape index (κ2) is 32.0. The summed E-state index contributed by atoms with van der Waals surface area (Å²) >= 11 is 0. The molecule has 0 spiro atoms. The summed E-state index contributed by atoms with van der Waals surface area (Å²) in [4.78, 5) is 0. The molecular weight excluding hydrogens is 330 g/mol. The van der Waals surface area contributed by atoms with E-state index in [0.29, 0.717) is 0 Å². The van der Waals surface area contributed by atoms with Crippen LogP contribution >= 0.6 is 0 Å². The van der Waals surface area contributed by atoms with Gasteiger partial charge in [-0.25, -0.2) is 0 Å². The fraction of sp³-hybridized carbons (Fsp3) is 0.810. The molecule has 0 fully saturated rings. The summed E-state index contributed by atoms with van der Waals surface area (Å²) < 4.78 is 19.6. The van der Waals surface area contributed by atoms with Crippen molar-refractivity contribution >= 4 is 0 Å². The topological polar surface area (TPSA) is 49.0 Å². The SMILES string of the molecule is C/C=C/C=C(/C)CCC.CCOC.COCCCOCCNCCOC. The molecule has 0 bridgehead atoms. The first-order valence-electron chi connectivity index (χ1n) is 9.68. The van der Waals surface area contributed by atoms with Crippen LogP contribution in [0.1, 0.15) is 47.0 Å². The lowest BCUT2D eigenvalue weighted by molar-refractivity contribution is 0.103. The minimum Gasteiger partial charge on any atom is -0.385 e. The summed E-state index contributed by atoms with van der Waals surface area (Å²) in [5, 5.41) is 3.20. The minimum absolute atomic E-state index is 0.754. The Balaban J connectivity index is -0.000000352. The lowest BCUT2D eigenvalue weighted by Gasteiger charge is -2.05. The highest BCUT2D eigenvalue weighted by Crippen LogP contribution is 2.02. The fourth-order valence-electron chi connectivity index (χ4n) is 1.59. The van der Waals surface area contributed by atoms with Crippen molar-refractivity contribution in [1.29, 1.82) is 0 Å². The van der Waals surface area contributed by atoms with Crippen LogP contribution in [0.25, 0.3) is 0 Å². The van der Waals surface area contributed by atoms with Crippen LogP contribution in [-0.4, -0.2) is 67.5 Å². The van der Waals surface area contributed by atoms with Crippen molar-refractivity contribution < 1.29 is 18.9 Å². The summed E-state index contributed by atoms with van der Waals surface area (Å²) in [6.07, 6.45) is 9.76. The summed E-state index contributed by atoms with van der Waals surface area (Å²) in [5.41, 5.74) is 1.47. The molecule has 0 aromatic carbocycles. The third-order valence-corrected chi connectivity index (χ3v) is 3.05. The fourth-order valence-corrected chi connectivity index (χ4v) is 1.59. The van der Waals surface area contributed by atoms with Gasteiger partial charge < -0.3 is 24.3 Å². The number of allylic oxidation sites excluding steroid dienone is 4. The van der Waals surface area contributed by atoms with Crippen LogP contribution in [-0.2, 0) is 18.9 Å². The van der Waals surface area contributed by atoms with Crippen LogP contribution in [0.15, 0.2) is 23.8 Å². The van der Waals surface area contributed by atoms with Crippen molar-refractivity contribution in [3.63, 3.8) is 0 Å². The smallest absolute Gasteiger partial charge is 0.0590 e. The third-order valence-electron chi connectivity index (χ3n) is 3.05. The van der Waals surface area contributed by atoms with Gasteiger partial charge in [-0.15, -0.1) is 0 Å². The molecule has 0 saturated carbocycles. The maximum atomic E-state index is 5.33. The lowest BCUT2D eigenvalue weighted by atomic mass is 10.2. The van der Waals surface area contributed by atoms with Crippen LogP contribution in [0.5, 0.6) is 0 Å². The molecule has 5 nitrogen and oxygen atoms in total. The quantitative estimate of drug-likeness (QED) is 0.363. The first-order valence-corrected chi connectivity index (χ1v) is 9.68. The zero-order chi connectivity index (χ0) is 20.3. The Labute approximate surface area is 163 Å². The van der Waals surface area contributed by atoms with Crippen molar-refractivity contribution in [2.24, 2.45) is 0 Å². The second-order valence-corrected chi connectivity index (χ2v) is 5.57. The Kier molecular flexibility index (Phi) is 36.9.